The number of aromatic nitrogens is 2. The van der Waals surface area contributed by atoms with E-state index >= 15 is 0 Å². The van der Waals surface area contributed by atoms with Crippen LogP contribution in [0, 0.1) is 0 Å². The lowest BCUT2D eigenvalue weighted by Gasteiger charge is -2.15. The van der Waals surface area contributed by atoms with Crippen molar-refractivity contribution in [2.75, 3.05) is 11.9 Å². The fraction of sp³-hybridized carbons (Fsp3) is 0.312. The molecule has 7 heteroatoms. The van der Waals surface area contributed by atoms with E-state index < -0.39 is 12.1 Å². The Balaban J connectivity index is 2.00. The molecule has 1 aromatic carbocycles. The van der Waals surface area contributed by atoms with Gasteiger partial charge in [-0.2, -0.15) is 0 Å². The summed E-state index contributed by atoms with van der Waals surface area (Å²) < 4.78 is 5.09. The molecule has 0 amide bonds. The number of anilines is 1. The number of rotatable bonds is 6. The lowest BCUT2D eigenvalue weighted by atomic mass is 10.1. The molecule has 1 unspecified atom stereocenters. The van der Waals surface area contributed by atoms with E-state index in [4.69, 9.17) is 16.3 Å². The van der Waals surface area contributed by atoms with Gasteiger partial charge in [0, 0.05) is 13.5 Å². The van der Waals surface area contributed by atoms with E-state index in [1.165, 1.54) is 13.3 Å². The highest BCUT2D eigenvalue weighted by molar-refractivity contribution is 6.33. The van der Waals surface area contributed by atoms with E-state index in [9.17, 15) is 9.90 Å². The van der Waals surface area contributed by atoms with Gasteiger partial charge in [-0.15, -0.1) is 0 Å². The predicted octanol–water partition coefficient (Wildman–Crippen LogP) is 3.11. The Kier molecular flexibility index (Phi) is 5.76. The second kappa shape index (κ2) is 7.78. The van der Waals surface area contributed by atoms with Crippen molar-refractivity contribution in [1.82, 2.24) is 9.97 Å². The summed E-state index contributed by atoms with van der Waals surface area (Å²) in [5.74, 6) is 0.341. The van der Waals surface area contributed by atoms with Gasteiger partial charge in [0.15, 0.2) is 0 Å². The molecule has 1 heterocycles. The summed E-state index contributed by atoms with van der Waals surface area (Å²) in [5.41, 5.74) is 1.54. The van der Waals surface area contributed by atoms with Crippen LogP contribution >= 0.6 is 11.6 Å². The average Bonchev–Trinajstić information content (AvgIpc) is 2.50. The first-order valence-corrected chi connectivity index (χ1v) is 7.54. The molecule has 122 valence electrons. The first kappa shape index (κ1) is 17.0. The molecule has 6 nitrogen and oxygen atoms in total. The third kappa shape index (κ3) is 4.82. The van der Waals surface area contributed by atoms with Gasteiger partial charge >= 0.3 is 5.97 Å². The van der Waals surface area contributed by atoms with Gasteiger partial charge in [-0.1, -0.05) is 23.7 Å². The monoisotopic (exact) mass is 335 g/mol. The number of carbonyl (C=O) groups excluding carboxylic acids is 1. The summed E-state index contributed by atoms with van der Waals surface area (Å²) >= 11 is 6.28. The standard InChI is InChI=1S/C16H18ClN3O3/c1-10(23-11(2)21)15-14(17)16(20-9-19-15)18-8-7-12-3-5-13(22)6-4-12/h3-6,9-10,22H,7-8H2,1-2H3,(H,18,19,20). The third-order valence-electron chi connectivity index (χ3n) is 3.19. The van der Waals surface area contributed by atoms with Crippen LogP contribution in [0.25, 0.3) is 0 Å². The molecular weight excluding hydrogens is 318 g/mol. The minimum atomic E-state index is -0.541. The number of aromatic hydroxyl groups is 1. The second-order valence-electron chi connectivity index (χ2n) is 5.02. The molecule has 0 aliphatic rings. The Labute approximate surface area is 139 Å². The largest absolute Gasteiger partial charge is 0.508 e. The van der Waals surface area contributed by atoms with Crippen molar-refractivity contribution in [3.05, 3.63) is 46.9 Å². The maximum Gasteiger partial charge on any atom is 0.303 e. The molecule has 2 N–H and O–H groups in total. The number of esters is 1. The van der Waals surface area contributed by atoms with Gasteiger partial charge in [0.2, 0.25) is 0 Å². The summed E-state index contributed by atoms with van der Waals surface area (Å²) in [6.45, 7) is 3.65. The van der Waals surface area contributed by atoms with Crippen molar-refractivity contribution in [2.24, 2.45) is 0 Å². The summed E-state index contributed by atoms with van der Waals surface area (Å²) in [6.07, 6.45) is 1.58. The summed E-state index contributed by atoms with van der Waals surface area (Å²) in [7, 11) is 0. The van der Waals surface area contributed by atoms with Gasteiger partial charge in [-0.3, -0.25) is 4.79 Å². The molecule has 0 radical (unpaired) electrons. The van der Waals surface area contributed by atoms with E-state index in [-0.39, 0.29) is 5.75 Å². The van der Waals surface area contributed by atoms with Crippen molar-refractivity contribution in [1.29, 1.82) is 0 Å². The number of hydrogen-bond donors (Lipinski definition) is 2. The van der Waals surface area contributed by atoms with Crippen LogP contribution in [0.15, 0.2) is 30.6 Å². The Hall–Kier alpha value is -2.34. The second-order valence-corrected chi connectivity index (χ2v) is 5.39. The lowest BCUT2D eigenvalue weighted by molar-refractivity contribution is -0.145. The highest BCUT2D eigenvalue weighted by Gasteiger charge is 2.17. The van der Waals surface area contributed by atoms with E-state index in [1.807, 2.05) is 12.1 Å². The number of benzene rings is 1. The van der Waals surface area contributed by atoms with Crippen LogP contribution in [-0.2, 0) is 16.0 Å². The predicted molar refractivity (Wildman–Crippen MR) is 87.5 cm³/mol. The molecule has 2 rings (SSSR count). The highest BCUT2D eigenvalue weighted by atomic mass is 35.5. The zero-order valence-electron chi connectivity index (χ0n) is 12.9. The highest BCUT2D eigenvalue weighted by Crippen LogP contribution is 2.28. The van der Waals surface area contributed by atoms with Crippen molar-refractivity contribution < 1.29 is 14.6 Å². The fourth-order valence-corrected chi connectivity index (χ4v) is 2.40. The number of hydrogen-bond acceptors (Lipinski definition) is 6. The Morgan fingerprint density at radius 3 is 2.70 bits per heavy atom. The SMILES string of the molecule is CC(=O)OC(C)c1ncnc(NCCc2ccc(O)cc2)c1Cl. The van der Waals surface area contributed by atoms with Crippen molar-refractivity contribution >= 4 is 23.4 Å². The van der Waals surface area contributed by atoms with Crippen LogP contribution in [0.1, 0.15) is 31.2 Å². The zero-order valence-corrected chi connectivity index (χ0v) is 13.7. The summed E-state index contributed by atoms with van der Waals surface area (Å²) in [6, 6.07) is 7.00. The normalized spacial score (nSPS) is 11.8. The molecule has 0 saturated heterocycles. The van der Waals surface area contributed by atoms with E-state index in [2.05, 4.69) is 15.3 Å². The minimum Gasteiger partial charge on any atom is -0.508 e. The van der Waals surface area contributed by atoms with Crippen LogP contribution in [-0.4, -0.2) is 27.6 Å². The first-order valence-electron chi connectivity index (χ1n) is 7.16. The maximum absolute atomic E-state index is 11.0. The van der Waals surface area contributed by atoms with E-state index in [1.54, 1.807) is 19.1 Å². The molecule has 23 heavy (non-hydrogen) atoms. The van der Waals surface area contributed by atoms with Gasteiger partial charge in [0.25, 0.3) is 0 Å². The Bertz CT molecular complexity index is 677. The number of phenols is 1. The van der Waals surface area contributed by atoms with Crippen molar-refractivity contribution in [3.63, 3.8) is 0 Å². The van der Waals surface area contributed by atoms with Crippen LogP contribution in [0.5, 0.6) is 5.75 Å². The maximum atomic E-state index is 11.0. The molecule has 0 fully saturated rings. The molecular formula is C16H18ClN3O3. The van der Waals surface area contributed by atoms with Gasteiger partial charge in [0.05, 0.1) is 0 Å². The van der Waals surface area contributed by atoms with Crippen LogP contribution < -0.4 is 5.32 Å². The molecule has 2 aromatic rings. The van der Waals surface area contributed by atoms with Gasteiger partial charge in [0.1, 0.15) is 34.7 Å². The molecule has 0 aliphatic carbocycles. The van der Waals surface area contributed by atoms with Crippen molar-refractivity contribution in [2.45, 2.75) is 26.4 Å². The summed E-state index contributed by atoms with van der Waals surface area (Å²) in [5, 5.41) is 12.7. The van der Waals surface area contributed by atoms with E-state index in [0.717, 1.165) is 12.0 Å². The molecule has 0 saturated carbocycles. The van der Waals surface area contributed by atoms with Crippen molar-refractivity contribution in [3.8, 4) is 5.75 Å². The molecule has 0 spiro atoms. The van der Waals surface area contributed by atoms with Gasteiger partial charge in [-0.25, -0.2) is 9.97 Å². The minimum absolute atomic E-state index is 0.240. The zero-order chi connectivity index (χ0) is 16.8. The topological polar surface area (TPSA) is 84.3 Å². The van der Waals surface area contributed by atoms with Crippen LogP contribution in [0.2, 0.25) is 5.02 Å². The number of nitrogens with zero attached hydrogens (tertiary/aromatic N) is 2. The first-order chi connectivity index (χ1) is 11.0. The quantitative estimate of drug-likeness (QED) is 0.789. The molecule has 0 bridgehead atoms. The lowest BCUT2D eigenvalue weighted by Crippen LogP contribution is -2.11. The fourth-order valence-electron chi connectivity index (χ4n) is 2.08. The van der Waals surface area contributed by atoms with Gasteiger partial charge in [-0.05, 0) is 31.0 Å². The number of nitrogens with one attached hydrogen (secondary N) is 1. The smallest absolute Gasteiger partial charge is 0.303 e. The molecule has 1 atom stereocenters. The Morgan fingerprint density at radius 1 is 1.35 bits per heavy atom. The van der Waals surface area contributed by atoms with Crippen LogP contribution in [0.4, 0.5) is 5.82 Å². The number of ether oxygens (including phenoxy) is 1. The summed E-state index contributed by atoms with van der Waals surface area (Å²) in [4.78, 5) is 19.2. The van der Waals surface area contributed by atoms with E-state index in [0.29, 0.717) is 23.1 Å². The number of phenolic OH excluding ortho intramolecular Hbond substituents is 1. The average molecular weight is 336 g/mol. The molecule has 1 aromatic heterocycles. The van der Waals surface area contributed by atoms with Gasteiger partial charge < -0.3 is 15.2 Å². The number of halogens is 1. The Morgan fingerprint density at radius 2 is 2.04 bits per heavy atom. The third-order valence-corrected chi connectivity index (χ3v) is 3.56. The molecule has 0 aliphatic heterocycles. The van der Waals surface area contributed by atoms with Crippen LogP contribution in [0.3, 0.4) is 0 Å². The number of carbonyl (C=O) groups is 1.